The van der Waals surface area contributed by atoms with Crippen molar-refractivity contribution in [2.75, 3.05) is 0 Å². The van der Waals surface area contributed by atoms with Gasteiger partial charge in [-0.25, -0.2) is 14.6 Å². The first-order valence-corrected chi connectivity index (χ1v) is 10.7. The fraction of sp³-hybridized carbons (Fsp3) is 0.273. The van der Waals surface area contributed by atoms with E-state index in [-0.39, 0.29) is 0 Å². The van der Waals surface area contributed by atoms with Gasteiger partial charge >= 0.3 is 0 Å². The van der Waals surface area contributed by atoms with Crippen LogP contribution in [0.25, 0.3) is 22.6 Å². The first kappa shape index (κ1) is 17.4. The van der Waals surface area contributed by atoms with Gasteiger partial charge in [0.15, 0.2) is 17.0 Å². The molecule has 0 radical (unpaired) electrons. The predicted octanol–water partition coefficient (Wildman–Crippen LogP) is 5.30. The Hall–Kier alpha value is -2.73. The summed E-state index contributed by atoms with van der Waals surface area (Å²) in [6, 6.07) is 21.0. The van der Waals surface area contributed by atoms with Crippen LogP contribution < -0.4 is 0 Å². The van der Waals surface area contributed by atoms with E-state index in [1.54, 1.807) is 11.8 Å². The molecule has 1 saturated carbocycles. The normalized spacial score (nSPS) is 14.7. The van der Waals surface area contributed by atoms with Crippen molar-refractivity contribution in [3.05, 3.63) is 66.2 Å². The van der Waals surface area contributed by atoms with Gasteiger partial charge in [-0.05, 0) is 18.4 Å². The molecule has 2 heterocycles. The van der Waals surface area contributed by atoms with Gasteiger partial charge in [0.05, 0.1) is 6.04 Å². The monoisotopic (exact) mass is 387 g/mol. The van der Waals surface area contributed by atoms with Gasteiger partial charge in [0.1, 0.15) is 5.03 Å². The highest BCUT2D eigenvalue weighted by atomic mass is 32.2. The molecule has 28 heavy (non-hydrogen) atoms. The Balaban J connectivity index is 1.58. The highest BCUT2D eigenvalue weighted by Crippen LogP contribution is 2.34. The van der Waals surface area contributed by atoms with Gasteiger partial charge in [0.2, 0.25) is 0 Å². The molecule has 0 bridgehead atoms. The fourth-order valence-corrected chi connectivity index (χ4v) is 4.66. The summed E-state index contributed by atoms with van der Waals surface area (Å²) >= 11 is 1.70. The van der Waals surface area contributed by atoms with Crippen LogP contribution in [0.2, 0.25) is 0 Å². The Morgan fingerprint density at radius 3 is 2.36 bits per heavy atom. The highest BCUT2D eigenvalue weighted by Gasteiger charge is 2.23. The van der Waals surface area contributed by atoms with Crippen LogP contribution in [-0.4, -0.2) is 25.0 Å². The molecular weight excluding hydrogens is 366 g/mol. The second-order valence-electron chi connectivity index (χ2n) is 7.14. The van der Waals surface area contributed by atoms with E-state index in [0.717, 1.165) is 46.2 Å². The number of rotatable bonds is 5. The maximum Gasteiger partial charge on any atom is 0.183 e. The molecule has 5 rings (SSSR count). The second kappa shape index (κ2) is 7.72. The summed E-state index contributed by atoms with van der Waals surface area (Å²) in [7, 11) is 0. The summed E-state index contributed by atoms with van der Waals surface area (Å²) in [5.41, 5.74) is 3.96. The molecule has 2 aromatic carbocycles. The maximum atomic E-state index is 4.88. The van der Waals surface area contributed by atoms with Crippen LogP contribution in [0.5, 0.6) is 0 Å². The van der Waals surface area contributed by atoms with E-state index in [1.807, 2.05) is 28.9 Å². The molecule has 2 aromatic heterocycles. The lowest BCUT2D eigenvalue weighted by atomic mass is 10.2. The molecule has 0 saturated heterocycles. The van der Waals surface area contributed by atoms with Crippen LogP contribution in [0.1, 0.15) is 37.3 Å². The zero-order chi connectivity index (χ0) is 18.8. The van der Waals surface area contributed by atoms with Gasteiger partial charge in [-0.2, -0.15) is 0 Å². The molecule has 0 unspecified atom stereocenters. The number of benzene rings is 2. The standard InChI is InChI=1S/C22H21N5S/c1-3-9-16(10-4-1)15-28-22-19-21(27(26-25-19)18-13-7-8-14-18)23-20(24-22)17-11-5-2-6-12-17/h1-6,9-12,18H,7-8,13-15H2. The first-order valence-electron chi connectivity index (χ1n) is 9.73. The largest absolute Gasteiger partial charge is 0.224 e. The van der Waals surface area contributed by atoms with E-state index in [9.17, 15) is 0 Å². The maximum absolute atomic E-state index is 4.88. The zero-order valence-electron chi connectivity index (χ0n) is 15.5. The average Bonchev–Trinajstić information content (AvgIpc) is 3.43. The molecule has 0 N–H and O–H groups in total. The van der Waals surface area contributed by atoms with Crippen molar-refractivity contribution in [2.45, 2.75) is 42.5 Å². The molecule has 0 aliphatic heterocycles. The third kappa shape index (κ3) is 3.40. The van der Waals surface area contributed by atoms with E-state index in [4.69, 9.17) is 9.97 Å². The fourth-order valence-electron chi connectivity index (χ4n) is 3.74. The third-order valence-electron chi connectivity index (χ3n) is 5.21. The Morgan fingerprint density at radius 2 is 1.61 bits per heavy atom. The lowest BCUT2D eigenvalue weighted by Gasteiger charge is -2.11. The van der Waals surface area contributed by atoms with Crippen LogP contribution in [0.3, 0.4) is 0 Å². The molecule has 0 amide bonds. The van der Waals surface area contributed by atoms with Crippen molar-refractivity contribution in [3.8, 4) is 11.4 Å². The van der Waals surface area contributed by atoms with Crippen molar-refractivity contribution in [3.63, 3.8) is 0 Å². The smallest absolute Gasteiger partial charge is 0.183 e. The predicted molar refractivity (Wildman–Crippen MR) is 112 cm³/mol. The van der Waals surface area contributed by atoms with E-state index in [0.29, 0.717) is 6.04 Å². The highest BCUT2D eigenvalue weighted by molar-refractivity contribution is 7.98. The number of aromatic nitrogens is 5. The van der Waals surface area contributed by atoms with E-state index in [1.165, 1.54) is 18.4 Å². The summed E-state index contributed by atoms with van der Waals surface area (Å²) in [5, 5.41) is 9.86. The van der Waals surface area contributed by atoms with Crippen molar-refractivity contribution in [1.29, 1.82) is 0 Å². The summed E-state index contributed by atoms with van der Waals surface area (Å²) < 4.78 is 2.03. The molecular formula is C22H21N5S. The van der Waals surface area contributed by atoms with E-state index >= 15 is 0 Å². The quantitative estimate of drug-likeness (QED) is 0.344. The van der Waals surface area contributed by atoms with Crippen LogP contribution in [0.4, 0.5) is 0 Å². The minimum absolute atomic E-state index is 0.399. The zero-order valence-corrected chi connectivity index (χ0v) is 16.3. The lowest BCUT2D eigenvalue weighted by molar-refractivity contribution is 0.464. The van der Waals surface area contributed by atoms with E-state index in [2.05, 4.69) is 46.7 Å². The number of thioether (sulfide) groups is 1. The molecule has 0 atom stereocenters. The third-order valence-corrected chi connectivity index (χ3v) is 6.25. The minimum atomic E-state index is 0.399. The van der Waals surface area contributed by atoms with Gasteiger partial charge in [-0.1, -0.05) is 90.5 Å². The summed E-state index contributed by atoms with van der Waals surface area (Å²) in [5.74, 6) is 1.59. The molecule has 6 heteroatoms. The van der Waals surface area contributed by atoms with Crippen LogP contribution in [0, 0.1) is 0 Å². The number of fused-ring (bicyclic) bond motifs is 1. The molecule has 5 nitrogen and oxygen atoms in total. The summed E-state index contributed by atoms with van der Waals surface area (Å²) in [4.78, 5) is 9.74. The van der Waals surface area contributed by atoms with Gasteiger partial charge in [-0.3, -0.25) is 0 Å². The Kier molecular flexibility index (Phi) is 4.79. The van der Waals surface area contributed by atoms with Crippen molar-refractivity contribution < 1.29 is 0 Å². The molecule has 140 valence electrons. The molecule has 4 aromatic rings. The number of nitrogens with zero attached hydrogens (tertiary/aromatic N) is 5. The number of hydrogen-bond donors (Lipinski definition) is 0. The molecule has 1 aliphatic carbocycles. The Morgan fingerprint density at radius 1 is 0.893 bits per heavy atom. The average molecular weight is 388 g/mol. The van der Waals surface area contributed by atoms with Gasteiger partial charge in [0, 0.05) is 11.3 Å². The van der Waals surface area contributed by atoms with Gasteiger partial charge in [0.25, 0.3) is 0 Å². The molecule has 1 fully saturated rings. The van der Waals surface area contributed by atoms with Crippen molar-refractivity contribution in [2.24, 2.45) is 0 Å². The first-order chi connectivity index (χ1) is 13.9. The van der Waals surface area contributed by atoms with E-state index < -0.39 is 0 Å². The summed E-state index contributed by atoms with van der Waals surface area (Å²) in [6.07, 6.45) is 4.79. The topological polar surface area (TPSA) is 56.5 Å². The Bertz CT molecular complexity index is 1070. The Labute approximate surface area is 168 Å². The SMILES string of the molecule is c1ccc(CSc2nc(-c3ccccc3)nc3c2nnn3C2CCCC2)cc1. The lowest BCUT2D eigenvalue weighted by Crippen LogP contribution is -2.08. The molecule has 1 aliphatic rings. The second-order valence-corrected chi connectivity index (χ2v) is 8.10. The van der Waals surface area contributed by atoms with Gasteiger partial charge in [-0.15, -0.1) is 5.10 Å². The minimum Gasteiger partial charge on any atom is -0.224 e. The molecule has 0 spiro atoms. The van der Waals surface area contributed by atoms with Crippen molar-refractivity contribution >= 4 is 22.9 Å². The number of hydrogen-bond acceptors (Lipinski definition) is 5. The van der Waals surface area contributed by atoms with Crippen LogP contribution in [-0.2, 0) is 5.75 Å². The van der Waals surface area contributed by atoms with Crippen molar-refractivity contribution in [1.82, 2.24) is 25.0 Å². The van der Waals surface area contributed by atoms with Crippen LogP contribution in [0.15, 0.2) is 65.7 Å². The summed E-state index contributed by atoms with van der Waals surface area (Å²) in [6.45, 7) is 0. The van der Waals surface area contributed by atoms with Crippen LogP contribution >= 0.6 is 11.8 Å². The van der Waals surface area contributed by atoms with Gasteiger partial charge < -0.3 is 0 Å².